The van der Waals surface area contributed by atoms with Gasteiger partial charge < -0.3 is 10.5 Å². The van der Waals surface area contributed by atoms with Crippen molar-refractivity contribution in [1.82, 2.24) is 0 Å². The topological polar surface area (TPSA) is 52.3 Å². The van der Waals surface area contributed by atoms with Crippen molar-refractivity contribution < 1.29 is 9.53 Å². The molecule has 0 spiro atoms. The van der Waals surface area contributed by atoms with E-state index in [4.69, 9.17) is 10.5 Å². The van der Waals surface area contributed by atoms with Crippen LogP contribution in [0.2, 0.25) is 0 Å². The fourth-order valence-electron chi connectivity index (χ4n) is 1.42. The molecule has 0 rings (SSSR count). The van der Waals surface area contributed by atoms with E-state index in [2.05, 4.69) is 6.92 Å². The molecule has 0 aliphatic rings. The largest absolute Gasteiger partial charge is 0.466 e. The SMILES string of the molecule is CCCCC(N)(CC)CC(=O)OCC. The van der Waals surface area contributed by atoms with Crippen LogP contribution in [0, 0.1) is 0 Å². The zero-order valence-electron chi connectivity index (χ0n) is 9.64. The third kappa shape index (κ3) is 5.22. The zero-order chi connectivity index (χ0) is 11.0. The molecule has 14 heavy (non-hydrogen) atoms. The Kier molecular flexibility index (Phi) is 6.54. The summed E-state index contributed by atoms with van der Waals surface area (Å²) in [5.41, 5.74) is 5.75. The summed E-state index contributed by atoms with van der Waals surface area (Å²) in [6, 6.07) is 0. The number of nitrogens with two attached hydrogens (primary N) is 1. The van der Waals surface area contributed by atoms with E-state index in [1.165, 1.54) is 0 Å². The number of carbonyl (C=O) groups excluding carboxylic acids is 1. The van der Waals surface area contributed by atoms with E-state index in [-0.39, 0.29) is 11.5 Å². The summed E-state index contributed by atoms with van der Waals surface area (Å²) in [5.74, 6) is -0.173. The number of rotatable bonds is 7. The predicted octanol–water partition coefficient (Wildman–Crippen LogP) is 2.24. The van der Waals surface area contributed by atoms with Crippen LogP contribution in [0.15, 0.2) is 0 Å². The number of hydrogen-bond donors (Lipinski definition) is 1. The summed E-state index contributed by atoms with van der Waals surface area (Å²) >= 11 is 0. The van der Waals surface area contributed by atoms with E-state index in [9.17, 15) is 4.79 Å². The van der Waals surface area contributed by atoms with Crippen molar-refractivity contribution in [3.05, 3.63) is 0 Å². The lowest BCUT2D eigenvalue weighted by Gasteiger charge is -2.26. The smallest absolute Gasteiger partial charge is 0.307 e. The molecule has 0 fully saturated rings. The molecule has 0 amide bonds. The highest BCUT2D eigenvalue weighted by atomic mass is 16.5. The van der Waals surface area contributed by atoms with Crippen molar-refractivity contribution in [1.29, 1.82) is 0 Å². The quantitative estimate of drug-likeness (QED) is 0.643. The number of ether oxygens (including phenoxy) is 1. The van der Waals surface area contributed by atoms with Gasteiger partial charge in [-0.2, -0.15) is 0 Å². The van der Waals surface area contributed by atoms with Gasteiger partial charge in [0.05, 0.1) is 13.0 Å². The molecular weight excluding hydrogens is 178 g/mol. The van der Waals surface area contributed by atoms with Crippen molar-refractivity contribution in [3.63, 3.8) is 0 Å². The molecule has 0 saturated carbocycles. The minimum Gasteiger partial charge on any atom is -0.466 e. The van der Waals surface area contributed by atoms with Gasteiger partial charge in [0, 0.05) is 5.54 Å². The van der Waals surface area contributed by atoms with Crippen LogP contribution in [0.1, 0.15) is 52.9 Å². The van der Waals surface area contributed by atoms with E-state index in [1.54, 1.807) is 0 Å². The molecule has 1 unspecified atom stereocenters. The van der Waals surface area contributed by atoms with Gasteiger partial charge in [-0.05, 0) is 19.8 Å². The van der Waals surface area contributed by atoms with Gasteiger partial charge >= 0.3 is 5.97 Å². The molecule has 0 aliphatic carbocycles. The normalized spacial score (nSPS) is 14.9. The van der Waals surface area contributed by atoms with Crippen molar-refractivity contribution in [2.45, 2.75) is 58.4 Å². The third-order valence-corrected chi connectivity index (χ3v) is 2.53. The number of esters is 1. The summed E-state index contributed by atoms with van der Waals surface area (Å²) in [6.07, 6.45) is 4.26. The van der Waals surface area contributed by atoms with Gasteiger partial charge in [0.25, 0.3) is 0 Å². The molecule has 0 bridgehead atoms. The van der Waals surface area contributed by atoms with E-state index < -0.39 is 0 Å². The lowest BCUT2D eigenvalue weighted by atomic mass is 9.88. The number of unbranched alkanes of at least 4 members (excludes halogenated alkanes) is 1. The van der Waals surface area contributed by atoms with Crippen LogP contribution >= 0.6 is 0 Å². The fraction of sp³-hybridized carbons (Fsp3) is 0.909. The van der Waals surface area contributed by atoms with Crippen molar-refractivity contribution in [2.75, 3.05) is 6.61 Å². The molecule has 0 radical (unpaired) electrons. The van der Waals surface area contributed by atoms with E-state index >= 15 is 0 Å². The van der Waals surface area contributed by atoms with Gasteiger partial charge in [-0.15, -0.1) is 0 Å². The zero-order valence-corrected chi connectivity index (χ0v) is 9.64. The highest BCUT2D eigenvalue weighted by molar-refractivity contribution is 5.70. The highest BCUT2D eigenvalue weighted by Crippen LogP contribution is 2.20. The van der Waals surface area contributed by atoms with Crippen LogP contribution in [-0.2, 0) is 9.53 Å². The first-order chi connectivity index (χ1) is 6.58. The summed E-state index contributed by atoms with van der Waals surface area (Å²) in [4.78, 5) is 11.3. The lowest BCUT2D eigenvalue weighted by molar-refractivity contribution is -0.144. The molecule has 0 saturated heterocycles. The van der Waals surface area contributed by atoms with E-state index in [0.29, 0.717) is 13.0 Å². The standard InChI is InChI=1S/C11H23NO2/c1-4-7-8-11(12,5-2)9-10(13)14-6-3/h4-9,12H2,1-3H3. The summed E-state index contributed by atoms with van der Waals surface area (Å²) < 4.78 is 4.90. The predicted molar refractivity (Wildman–Crippen MR) is 58.0 cm³/mol. The molecule has 0 heterocycles. The van der Waals surface area contributed by atoms with Gasteiger partial charge in [0.15, 0.2) is 0 Å². The Hall–Kier alpha value is -0.570. The van der Waals surface area contributed by atoms with Gasteiger partial charge in [0.2, 0.25) is 0 Å². The van der Waals surface area contributed by atoms with E-state index in [0.717, 1.165) is 25.7 Å². The molecule has 1 atom stereocenters. The summed E-state index contributed by atoms with van der Waals surface area (Å²) in [6.45, 7) is 6.40. The highest BCUT2D eigenvalue weighted by Gasteiger charge is 2.26. The fourth-order valence-corrected chi connectivity index (χ4v) is 1.42. The van der Waals surface area contributed by atoms with Crippen molar-refractivity contribution >= 4 is 5.97 Å². The maximum Gasteiger partial charge on any atom is 0.307 e. The van der Waals surface area contributed by atoms with Crippen LogP contribution < -0.4 is 5.73 Å². The second kappa shape index (κ2) is 6.82. The average Bonchev–Trinajstić information content (AvgIpc) is 2.15. The average molecular weight is 201 g/mol. The minimum absolute atomic E-state index is 0.173. The summed E-state index contributed by atoms with van der Waals surface area (Å²) in [5, 5.41) is 0. The number of carbonyl (C=O) groups is 1. The van der Waals surface area contributed by atoms with Crippen LogP contribution in [0.4, 0.5) is 0 Å². The van der Waals surface area contributed by atoms with Crippen LogP contribution in [-0.4, -0.2) is 18.1 Å². The molecule has 0 aromatic carbocycles. The second-order valence-electron chi connectivity index (χ2n) is 3.80. The first-order valence-corrected chi connectivity index (χ1v) is 5.52. The molecule has 0 aromatic rings. The maximum atomic E-state index is 11.3. The molecule has 3 heteroatoms. The molecule has 2 N–H and O–H groups in total. The summed E-state index contributed by atoms with van der Waals surface area (Å²) in [7, 11) is 0. The first kappa shape index (κ1) is 13.4. The Labute approximate surface area is 87.0 Å². The van der Waals surface area contributed by atoms with Gasteiger partial charge in [-0.25, -0.2) is 0 Å². The second-order valence-corrected chi connectivity index (χ2v) is 3.80. The molecule has 0 aromatic heterocycles. The number of hydrogen-bond acceptors (Lipinski definition) is 3. The lowest BCUT2D eigenvalue weighted by Crippen LogP contribution is -2.41. The minimum atomic E-state index is -0.359. The van der Waals surface area contributed by atoms with Crippen molar-refractivity contribution in [3.8, 4) is 0 Å². The van der Waals surface area contributed by atoms with Crippen LogP contribution in [0.5, 0.6) is 0 Å². The first-order valence-electron chi connectivity index (χ1n) is 5.52. The van der Waals surface area contributed by atoms with Gasteiger partial charge in [-0.1, -0.05) is 26.7 Å². The van der Waals surface area contributed by atoms with Crippen LogP contribution in [0.3, 0.4) is 0 Å². The Morgan fingerprint density at radius 3 is 2.43 bits per heavy atom. The Bertz CT molecular complexity index is 171. The van der Waals surface area contributed by atoms with Gasteiger partial charge in [0.1, 0.15) is 0 Å². The van der Waals surface area contributed by atoms with Crippen molar-refractivity contribution in [2.24, 2.45) is 5.73 Å². The van der Waals surface area contributed by atoms with Crippen LogP contribution in [0.25, 0.3) is 0 Å². The molecule has 0 aliphatic heterocycles. The maximum absolute atomic E-state index is 11.3. The third-order valence-electron chi connectivity index (χ3n) is 2.53. The molecule has 3 nitrogen and oxygen atoms in total. The Morgan fingerprint density at radius 1 is 1.36 bits per heavy atom. The Balaban J connectivity index is 4.03. The molecular formula is C11H23NO2. The van der Waals surface area contributed by atoms with E-state index in [1.807, 2.05) is 13.8 Å². The van der Waals surface area contributed by atoms with Gasteiger partial charge in [-0.3, -0.25) is 4.79 Å². The molecule has 84 valence electrons. The monoisotopic (exact) mass is 201 g/mol. The Morgan fingerprint density at radius 2 is 2.00 bits per heavy atom.